The summed E-state index contributed by atoms with van der Waals surface area (Å²) in [5.74, 6) is 5.22. The van der Waals surface area contributed by atoms with Crippen molar-refractivity contribution in [2.75, 3.05) is 13.1 Å². The predicted octanol–water partition coefficient (Wildman–Crippen LogP) is 2.09. The first-order valence-electron chi connectivity index (χ1n) is 5.33. The summed E-state index contributed by atoms with van der Waals surface area (Å²) in [6, 6.07) is 4.58. The number of hydrazine groups is 1. The molecular formula is C11H13BrFN3O. The molecule has 1 fully saturated rings. The van der Waals surface area contributed by atoms with Crippen LogP contribution in [-0.2, 0) is 6.54 Å². The number of hydrogen-bond acceptors (Lipinski definition) is 2. The van der Waals surface area contributed by atoms with Gasteiger partial charge in [0, 0.05) is 19.6 Å². The Balaban J connectivity index is 2.15. The van der Waals surface area contributed by atoms with Crippen molar-refractivity contribution in [3.63, 3.8) is 0 Å². The Bertz CT molecular complexity index is 441. The number of nitrogens with two attached hydrogens (primary N) is 1. The molecule has 0 saturated carbocycles. The maximum atomic E-state index is 13.3. The Morgan fingerprint density at radius 1 is 1.41 bits per heavy atom. The predicted molar refractivity (Wildman–Crippen MR) is 65.4 cm³/mol. The van der Waals surface area contributed by atoms with Crippen LogP contribution in [0.1, 0.15) is 12.0 Å². The molecule has 0 atom stereocenters. The molecule has 92 valence electrons. The number of nitrogens with zero attached hydrogens (tertiary/aromatic N) is 2. The summed E-state index contributed by atoms with van der Waals surface area (Å²) in [7, 11) is 0. The van der Waals surface area contributed by atoms with Gasteiger partial charge in [0.25, 0.3) is 0 Å². The second-order valence-electron chi connectivity index (χ2n) is 3.96. The number of amides is 2. The van der Waals surface area contributed by atoms with Gasteiger partial charge in [-0.05, 0) is 34.0 Å². The molecule has 2 rings (SSSR count). The van der Waals surface area contributed by atoms with E-state index in [9.17, 15) is 9.18 Å². The Kier molecular flexibility index (Phi) is 3.63. The topological polar surface area (TPSA) is 49.6 Å². The molecule has 0 bridgehead atoms. The molecule has 0 radical (unpaired) electrons. The standard InChI is InChI=1S/C11H13BrFN3O/c12-10-8(3-1-4-9(10)13)7-15-5-2-6-16(14)11(15)17/h1,3-4H,2,5-7,14H2. The van der Waals surface area contributed by atoms with Crippen molar-refractivity contribution in [3.05, 3.63) is 34.1 Å². The van der Waals surface area contributed by atoms with E-state index in [0.717, 1.165) is 12.0 Å². The van der Waals surface area contributed by atoms with Crippen LogP contribution in [0, 0.1) is 5.82 Å². The number of urea groups is 1. The van der Waals surface area contributed by atoms with Crippen molar-refractivity contribution in [3.8, 4) is 0 Å². The van der Waals surface area contributed by atoms with Crippen LogP contribution in [0.3, 0.4) is 0 Å². The molecular weight excluding hydrogens is 289 g/mol. The van der Waals surface area contributed by atoms with Crippen LogP contribution in [0.15, 0.2) is 22.7 Å². The number of carbonyl (C=O) groups is 1. The van der Waals surface area contributed by atoms with Gasteiger partial charge in [-0.1, -0.05) is 12.1 Å². The molecule has 1 aromatic rings. The van der Waals surface area contributed by atoms with Gasteiger partial charge in [-0.2, -0.15) is 0 Å². The minimum absolute atomic E-state index is 0.215. The Morgan fingerprint density at radius 2 is 2.18 bits per heavy atom. The second kappa shape index (κ2) is 5.01. The maximum Gasteiger partial charge on any atom is 0.334 e. The highest BCUT2D eigenvalue weighted by atomic mass is 79.9. The van der Waals surface area contributed by atoms with E-state index in [4.69, 9.17) is 5.84 Å². The van der Waals surface area contributed by atoms with Crippen molar-refractivity contribution < 1.29 is 9.18 Å². The quantitative estimate of drug-likeness (QED) is 0.672. The van der Waals surface area contributed by atoms with Crippen molar-refractivity contribution in [2.24, 2.45) is 5.84 Å². The zero-order chi connectivity index (χ0) is 12.4. The first-order chi connectivity index (χ1) is 8.09. The maximum absolute atomic E-state index is 13.3. The third kappa shape index (κ3) is 2.58. The van der Waals surface area contributed by atoms with Gasteiger partial charge in [0.1, 0.15) is 5.82 Å². The van der Waals surface area contributed by atoms with Crippen LogP contribution < -0.4 is 5.84 Å². The summed E-state index contributed by atoms with van der Waals surface area (Å²) in [6.45, 7) is 1.58. The van der Waals surface area contributed by atoms with Gasteiger partial charge in [0.15, 0.2) is 0 Å². The summed E-state index contributed by atoms with van der Waals surface area (Å²) in [5, 5.41) is 1.19. The molecule has 6 heteroatoms. The van der Waals surface area contributed by atoms with Gasteiger partial charge in [-0.25, -0.2) is 15.0 Å². The Labute approximate surface area is 107 Å². The lowest BCUT2D eigenvalue weighted by Crippen LogP contribution is -2.52. The van der Waals surface area contributed by atoms with E-state index in [1.165, 1.54) is 11.1 Å². The van der Waals surface area contributed by atoms with E-state index in [-0.39, 0.29) is 11.8 Å². The molecule has 0 aromatic heterocycles. The molecule has 2 amide bonds. The Hall–Kier alpha value is -1.14. The molecule has 17 heavy (non-hydrogen) atoms. The molecule has 2 N–H and O–H groups in total. The highest BCUT2D eigenvalue weighted by Gasteiger charge is 2.24. The molecule has 1 aliphatic heterocycles. The highest BCUT2D eigenvalue weighted by molar-refractivity contribution is 9.10. The van der Waals surface area contributed by atoms with Crippen LogP contribution in [0.5, 0.6) is 0 Å². The average molecular weight is 302 g/mol. The molecule has 1 aromatic carbocycles. The summed E-state index contributed by atoms with van der Waals surface area (Å²) in [5.41, 5.74) is 0.744. The fraction of sp³-hybridized carbons (Fsp3) is 0.364. The van der Waals surface area contributed by atoms with Crippen LogP contribution >= 0.6 is 15.9 Å². The smallest absolute Gasteiger partial charge is 0.319 e. The van der Waals surface area contributed by atoms with Crippen LogP contribution in [-0.4, -0.2) is 29.0 Å². The summed E-state index contributed by atoms with van der Waals surface area (Å²) in [4.78, 5) is 13.4. The molecule has 1 saturated heterocycles. The highest BCUT2D eigenvalue weighted by Crippen LogP contribution is 2.22. The first-order valence-corrected chi connectivity index (χ1v) is 6.13. The minimum atomic E-state index is -0.323. The number of rotatable bonds is 2. The zero-order valence-corrected chi connectivity index (χ0v) is 10.8. The van der Waals surface area contributed by atoms with Crippen molar-refractivity contribution in [1.82, 2.24) is 9.91 Å². The van der Waals surface area contributed by atoms with Crippen molar-refractivity contribution in [2.45, 2.75) is 13.0 Å². The van der Waals surface area contributed by atoms with Crippen LogP contribution in [0.4, 0.5) is 9.18 Å². The van der Waals surface area contributed by atoms with Crippen molar-refractivity contribution in [1.29, 1.82) is 0 Å². The monoisotopic (exact) mass is 301 g/mol. The van der Waals surface area contributed by atoms with Gasteiger partial charge in [0.05, 0.1) is 4.47 Å². The van der Waals surface area contributed by atoms with Gasteiger partial charge < -0.3 is 4.90 Å². The summed E-state index contributed by atoms with van der Waals surface area (Å²) >= 11 is 3.18. The minimum Gasteiger partial charge on any atom is -0.319 e. The van der Waals surface area contributed by atoms with Crippen molar-refractivity contribution >= 4 is 22.0 Å². The van der Waals surface area contributed by atoms with Crippen LogP contribution in [0.2, 0.25) is 0 Å². The average Bonchev–Trinajstić information content (AvgIpc) is 2.31. The molecule has 0 spiro atoms. The van der Waals surface area contributed by atoms with E-state index < -0.39 is 0 Å². The second-order valence-corrected chi connectivity index (χ2v) is 4.76. The molecule has 4 nitrogen and oxygen atoms in total. The lowest BCUT2D eigenvalue weighted by atomic mass is 10.2. The molecule has 1 aliphatic rings. The van der Waals surface area contributed by atoms with Gasteiger partial charge >= 0.3 is 6.03 Å². The third-order valence-corrected chi connectivity index (χ3v) is 3.62. The van der Waals surface area contributed by atoms with E-state index in [0.29, 0.717) is 24.1 Å². The number of hydrogen-bond donors (Lipinski definition) is 1. The van der Waals surface area contributed by atoms with Gasteiger partial charge in [-0.15, -0.1) is 0 Å². The van der Waals surface area contributed by atoms with Gasteiger partial charge in [-0.3, -0.25) is 5.01 Å². The van der Waals surface area contributed by atoms with Crippen LogP contribution in [0.25, 0.3) is 0 Å². The fourth-order valence-corrected chi connectivity index (χ4v) is 2.22. The molecule has 0 aliphatic carbocycles. The lowest BCUT2D eigenvalue weighted by Gasteiger charge is -2.32. The number of halogens is 2. The Morgan fingerprint density at radius 3 is 2.94 bits per heavy atom. The fourth-order valence-electron chi connectivity index (χ4n) is 1.83. The third-order valence-electron chi connectivity index (χ3n) is 2.74. The molecule has 1 heterocycles. The summed E-state index contributed by atoms with van der Waals surface area (Å²) in [6.07, 6.45) is 0.829. The number of benzene rings is 1. The van der Waals surface area contributed by atoms with E-state index in [1.54, 1.807) is 17.0 Å². The van der Waals surface area contributed by atoms with E-state index in [1.807, 2.05) is 0 Å². The first kappa shape index (κ1) is 12.3. The van der Waals surface area contributed by atoms with E-state index in [2.05, 4.69) is 15.9 Å². The zero-order valence-electron chi connectivity index (χ0n) is 9.20. The lowest BCUT2D eigenvalue weighted by molar-refractivity contribution is 0.127. The largest absolute Gasteiger partial charge is 0.334 e. The van der Waals surface area contributed by atoms with E-state index >= 15 is 0 Å². The normalized spacial score (nSPS) is 16.5. The number of carbonyl (C=O) groups excluding carboxylic acids is 1. The summed E-state index contributed by atoms with van der Waals surface area (Å²) < 4.78 is 13.7. The van der Waals surface area contributed by atoms with Gasteiger partial charge in [0.2, 0.25) is 0 Å². The molecule has 0 unspecified atom stereocenters. The SMILES string of the molecule is NN1CCCN(Cc2cccc(F)c2Br)C1=O.